The van der Waals surface area contributed by atoms with Crippen LogP contribution in [0.3, 0.4) is 0 Å². The topological polar surface area (TPSA) is 29.3 Å². The fourth-order valence-corrected chi connectivity index (χ4v) is 2.36. The van der Waals surface area contributed by atoms with Crippen LogP contribution in [-0.4, -0.2) is 37.3 Å². The molecule has 1 saturated heterocycles. The number of hydrogen-bond donors (Lipinski definition) is 1. The molecule has 1 aliphatic heterocycles. The van der Waals surface area contributed by atoms with Crippen molar-refractivity contribution >= 4 is 0 Å². The number of likely N-dealkylation sites (tertiary alicyclic amines) is 1. The Labute approximate surface area is 86.6 Å². The molecule has 0 aromatic heterocycles. The summed E-state index contributed by atoms with van der Waals surface area (Å²) in [6.45, 7) is 4.76. The van der Waals surface area contributed by atoms with E-state index in [1.54, 1.807) is 0 Å². The van der Waals surface area contributed by atoms with Crippen molar-refractivity contribution in [1.82, 2.24) is 4.90 Å². The van der Waals surface area contributed by atoms with Gasteiger partial charge in [0.05, 0.1) is 6.67 Å². The van der Waals surface area contributed by atoms with E-state index in [4.69, 9.17) is 5.73 Å². The molecular formula is C11H23FN2. The van der Waals surface area contributed by atoms with E-state index in [-0.39, 0.29) is 6.67 Å². The third-order valence-corrected chi connectivity index (χ3v) is 3.37. The van der Waals surface area contributed by atoms with Gasteiger partial charge in [0.15, 0.2) is 0 Å². The van der Waals surface area contributed by atoms with Crippen LogP contribution in [0.4, 0.5) is 4.39 Å². The Morgan fingerprint density at radius 3 is 2.86 bits per heavy atom. The third-order valence-electron chi connectivity index (χ3n) is 3.37. The van der Waals surface area contributed by atoms with Gasteiger partial charge < -0.3 is 5.73 Å². The van der Waals surface area contributed by atoms with Crippen molar-refractivity contribution < 1.29 is 4.39 Å². The molecule has 0 aromatic carbocycles. The highest BCUT2D eigenvalue weighted by Crippen LogP contribution is 2.24. The number of nitrogens with zero attached hydrogens (tertiary/aromatic N) is 1. The summed E-state index contributed by atoms with van der Waals surface area (Å²) >= 11 is 0. The normalized spacial score (nSPS) is 29.4. The maximum Gasteiger partial charge on any atom is 0.0906 e. The Balaban J connectivity index is 2.35. The Hall–Kier alpha value is -0.150. The van der Waals surface area contributed by atoms with Crippen molar-refractivity contribution in [2.24, 2.45) is 11.7 Å². The average Bonchev–Trinajstić information content (AvgIpc) is 2.26. The first-order valence-corrected chi connectivity index (χ1v) is 5.81. The molecule has 1 heterocycles. The van der Waals surface area contributed by atoms with Crippen molar-refractivity contribution in [2.45, 2.75) is 38.6 Å². The Bertz CT molecular complexity index is 152. The van der Waals surface area contributed by atoms with Gasteiger partial charge in [0.2, 0.25) is 0 Å². The molecule has 3 heteroatoms. The van der Waals surface area contributed by atoms with Gasteiger partial charge in [-0.15, -0.1) is 0 Å². The second kappa shape index (κ2) is 6.36. The molecular weight excluding hydrogens is 179 g/mol. The molecule has 0 bridgehead atoms. The molecule has 2 nitrogen and oxygen atoms in total. The highest BCUT2D eigenvalue weighted by atomic mass is 19.1. The summed E-state index contributed by atoms with van der Waals surface area (Å²) in [5.74, 6) is 0.838. The number of alkyl halides is 1. The van der Waals surface area contributed by atoms with Crippen LogP contribution in [0.5, 0.6) is 0 Å². The van der Waals surface area contributed by atoms with Crippen molar-refractivity contribution in [3.8, 4) is 0 Å². The summed E-state index contributed by atoms with van der Waals surface area (Å²) < 4.78 is 12.1. The standard InChI is InChI=1S/C11H23FN2/c1-2-10-4-7-14(6-3-5-12)11(8-10)9-13/h10-11H,2-9,13H2,1H3. The first-order valence-electron chi connectivity index (χ1n) is 5.81. The number of rotatable bonds is 5. The van der Waals surface area contributed by atoms with Crippen LogP contribution in [0.1, 0.15) is 32.6 Å². The van der Waals surface area contributed by atoms with Crippen molar-refractivity contribution in [1.29, 1.82) is 0 Å². The van der Waals surface area contributed by atoms with Crippen LogP contribution < -0.4 is 5.73 Å². The molecule has 14 heavy (non-hydrogen) atoms. The molecule has 0 saturated carbocycles. The van der Waals surface area contributed by atoms with Crippen LogP contribution in [-0.2, 0) is 0 Å². The lowest BCUT2D eigenvalue weighted by Crippen LogP contribution is -2.46. The van der Waals surface area contributed by atoms with E-state index in [9.17, 15) is 4.39 Å². The fraction of sp³-hybridized carbons (Fsp3) is 1.00. The molecule has 0 radical (unpaired) electrons. The fourth-order valence-electron chi connectivity index (χ4n) is 2.36. The lowest BCUT2D eigenvalue weighted by molar-refractivity contribution is 0.111. The Morgan fingerprint density at radius 1 is 1.50 bits per heavy atom. The molecule has 0 aliphatic carbocycles. The van der Waals surface area contributed by atoms with Gasteiger partial charge in [-0.3, -0.25) is 9.29 Å². The molecule has 2 N–H and O–H groups in total. The summed E-state index contributed by atoms with van der Waals surface area (Å²) in [6, 6.07) is 0.500. The average molecular weight is 202 g/mol. The zero-order valence-corrected chi connectivity index (χ0v) is 9.21. The number of halogens is 1. The maximum absolute atomic E-state index is 12.1. The SMILES string of the molecule is CCC1CCN(CCCF)C(CN)C1. The maximum atomic E-state index is 12.1. The first-order chi connectivity index (χ1) is 6.81. The van der Waals surface area contributed by atoms with E-state index in [2.05, 4.69) is 11.8 Å². The second-order valence-electron chi connectivity index (χ2n) is 4.27. The minimum absolute atomic E-state index is 0.203. The van der Waals surface area contributed by atoms with E-state index < -0.39 is 0 Å². The monoisotopic (exact) mass is 202 g/mol. The van der Waals surface area contributed by atoms with Gasteiger partial charge in [-0.1, -0.05) is 13.3 Å². The minimum atomic E-state index is -0.203. The van der Waals surface area contributed by atoms with E-state index in [1.165, 1.54) is 19.3 Å². The first kappa shape index (κ1) is 11.9. The molecule has 1 rings (SSSR count). The van der Waals surface area contributed by atoms with Gasteiger partial charge in [0, 0.05) is 19.1 Å². The van der Waals surface area contributed by atoms with Crippen LogP contribution in [0.25, 0.3) is 0 Å². The molecule has 1 aliphatic rings. The lowest BCUT2D eigenvalue weighted by atomic mass is 9.89. The molecule has 1 fully saturated rings. The van der Waals surface area contributed by atoms with Gasteiger partial charge in [0.1, 0.15) is 0 Å². The predicted molar refractivity (Wildman–Crippen MR) is 58.0 cm³/mol. The molecule has 0 amide bonds. The lowest BCUT2D eigenvalue weighted by Gasteiger charge is -2.38. The van der Waals surface area contributed by atoms with Gasteiger partial charge >= 0.3 is 0 Å². The van der Waals surface area contributed by atoms with Gasteiger partial charge in [-0.25, -0.2) is 0 Å². The molecule has 0 aromatic rings. The Morgan fingerprint density at radius 2 is 2.29 bits per heavy atom. The number of hydrogen-bond acceptors (Lipinski definition) is 2. The largest absolute Gasteiger partial charge is 0.329 e. The molecule has 0 spiro atoms. The van der Waals surface area contributed by atoms with E-state index in [0.717, 1.165) is 25.6 Å². The molecule has 2 unspecified atom stereocenters. The minimum Gasteiger partial charge on any atom is -0.329 e. The predicted octanol–water partition coefficient (Wildman–Crippen LogP) is 1.80. The zero-order chi connectivity index (χ0) is 10.4. The van der Waals surface area contributed by atoms with E-state index in [1.807, 2.05) is 0 Å². The Kier molecular flexibility index (Phi) is 5.41. The molecule has 84 valence electrons. The highest BCUT2D eigenvalue weighted by molar-refractivity contribution is 4.81. The van der Waals surface area contributed by atoms with Gasteiger partial charge in [-0.05, 0) is 31.7 Å². The summed E-state index contributed by atoms with van der Waals surface area (Å²) in [5, 5.41) is 0. The molecule has 2 atom stereocenters. The van der Waals surface area contributed by atoms with E-state index in [0.29, 0.717) is 12.5 Å². The van der Waals surface area contributed by atoms with Crippen LogP contribution in [0.2, 0.25) is 0 Å². The quantitative estimate of drug-likeness (QED) is 0.736. The van der Waals surface area contributed by atoms with Crippen LogP contribution in [0, 0.1) is 5.92 Å². The number of nitrogens with two attached hydrogens (primary N) is 1. The van der Waals surface area contributed by atoms with Crippen molar-refractivity contribution in [2.75, 3.05) is 26.3 Å². The van der Waals surface area contributed by atoms with Crippen LogP contribution in [0.15, 0.2) is 0 Å². The van der Waals surface area contributed by atoms with Crippen LogP contribution >= 0.6 is 0 Å². The highest BCUT2D eigenvalue weighted by Gasteiger charge is 2.25. The van der Waals surface area contributed by atoms with E-state index >= 15 is 0 Å². The summed E-state index contributed by atoms with van der Waals surface area (Å²) in [4.78, 5) is 2.37. The second-order valence-corrected chi connectivity index (χ2v) is 4.27. The summed E-state index contributed by atoms with van der Waals surface area (Å²) in [7, 11) is 0. The van der Waals surface area contributed by atoms with Gasteiger partial charge in [-0.2, -0.15) is 0 Å². The van der Waals surface area contributed by atoms with Crippen molar-refractivity contribution in [3.63, 3.8) is 0 Å². The van der Waals surface area contributed by atoms with Gasteiger partial charge in [0.25, 0.3) is 0 Å². The smallest absolute Gasteiger partial charge is 0.0906 e. The summed E-state index contributed by atoms with van der Waals surface area (Å²) in [5.41, 5.74) is 5.75. The van der Waals surface area contributed by atoms with Crippen molar-refractivity contribution in [3.05, 3.63) is 0 Å². The summed E-state index contributed by atoms with van der Waals surface area (Å²) in [6.07, 6.45) is 4.39. The zero-order valence-electron chi connectivity index (χ0n) is 9.21. The third kappa shape index (κ3) is 3.21. The number of piperidine rings is 1.